The monoisotopic (exact) mass is 259 g/mol. The van der Waals surface area contributed by atoms with Gasteiger partial charge in [-0.2, -0.15) is 15.0 Å². The number of imidazole rings is 1. The van der Waals surface area contributed by atoms with E-state index in [1.807, 2.05) is 6.20 Å². The standard InChI is InChI=1S/C12H17N7/c1-8-5-9(6-8)15-11-16-10(13-2)17-12(18-11)19-4-3-14-7-19/h3-4,7-9H,5-6H2,1-2H3,(H2,13,15,16,17,18). The first-order valence-corrected chi connectivity index (χ1v) is 6.43. The molecule has 0 amide bonds. The van der Waals surface area contributed by atoms with E-state index in [-0.39, 0.29) is 0 Å². The molecule has 19 heavy (non-hydrogen) atoms. The quantitative estimate of drug-likeness (QED) is 0.861. The fraction of sp³-hybridized carbons (Fsp3) is 0.500. The maximum Gasteiger partial charge on any atom is 0.241 e. The SMILES string of the molecule is CNc1nc(NC2CC(C)C2)nc(-n2ccnc2)n1. The van der Waals surface area contributed by atoms with E-state index in [1.54, 1.807) is 24.1 Å². The van der Waals surface area contributed by atoms with Crippen LogP contribution in [0.4, 0.5) is 11.9 Å². The van der Waals surface area contributed by atoms with Crippen molar-refractivity contribution in [1.82, 2.24) is 24.5 Å². The minimum absolute atomic E-state index is 0.470. The van der Waals surface area contributed by atoms with Gasteiger partial charge in [-0.3, -0.25) is 4.57 Å². The van der Waals surface area contributed by atoms with Crippen molar-refractivity contribution < 1.29 is 0 Å². The van der Waals surface area contributed by atoms with E-state index in [1.165, 1.54) is 12.8 Å². The Balaban J connectivity index is 1.85. The summed E-state index contributed by atoms with van der Waals surface area (Å²) in [4.78, 5) is 17.1. The molecule has 0 bridgehead atoms. The van der Waals surface area contributed by atoms with Gasteiger partial charge < -0.3 is 10.6 Å². The average molecular weight is 259 g/mol. The molecule has 0 saturated heterocycles. The van der Waals surface area contributed by atoms with Gasteiger partial charge in [-0.25, -0.2) is 4.98 Å². The maximum absolute atomic E-state index is 4.42. The molecule has 1 aliphatic rings. The van der Waals surface area contributed by atoms with Gasteiger partial charge in [0.05, 0.1) is 0 Å². The topological polar surface area (TPSA) is 80.5 Å². The normalized spacial score (nSPS) is 21.8. The molecule has 0 spiro atoms. The third kappa shape index (κ3) is 2.49. The predicted molar refractivity (Wildman–Crippen MR) is 72.3 cm³/mol. The average Bonchev–Trinajstić information content (AvgIpc) is 2.90. The first-order chi connectivity index (χ1) is 9.24. The van der Waals surface area contributed by atoms with Crippen LogP contribution in [0.15, 0.2) is 18.7 Å². The van der Waals surface area contributed by atoms with E-state index < -0.39 is 0 Å². The lowest BCUT2D eigenvalue weighted by atomic mass is 9.82. The van der Waals surface area contributed by atoms with Gasteiger partial charge in [0.25, 0.3) is 0 Å². The van der Waals surface area contributed by atoms with Crippen molar-refractivity contribution in [2.45, 2.75) is 25.8 Å². The van der Waals surface area contributed by atoms with Crippen molar-refractivity contribution in [3.63, 3.8) is 0 Å². The molecule has 2 aromatic rings. The molecule has 0 radical (unpaired) electrons. The number of rotatable bonds is 4. The molecule has 0 aliphatic heterocycles. The van der Waals surface area contributed by atoms with Gasteiger partial charge in [-0.1, -0.05) is 6.92 Å². The third-order valence-corrected chi connectivity index (χ3v) is 3.29. The van der Waals surface area contributed by atoms with Crippen LogP contribution in [0.3, 0.4) is 0 Å². The van der Waals surface area contributed by atoms with Crippen molar-refractivity contribution in [2.75, 3.05) is 17.7 Å². The number of aromatic nitrogens is 5. The summed E-state index contributed by atoms with van der Waals surface area (Å²) in [7, 11) is 1.79. The van der Waals surface area contributed by atoms with Crippen LogP contribution >= 0.6 is 0 Å². The first kappa shape index (κ1) is 11.9. The van der Waals surface area contributed by atoms with Gasteiger partial charge in [0, 0.05) is 25.5 Å². The van der Waals surface area contributed by atoms with Crippen LogP contribution in [0.5, 0.6) is 0 Å². The summed E-state index contributed by atoms with van der Waals surface area (Å²) in [6.45, 7) is 2.25. The van der Waals surface area contributed by atoms with Crippen molar-refractivity contribution >= 4 is 11.9 Å². The molecule has 1 saturated carbocycles. The second kappa shape index (κ2) is 4.83. The summed E-state index contributed by atoms with van der Waals surface area (Å²) in [5, 5.41) is 6.30. The van der Waals surface area contributed by atoms with E-state index in [9.17, 15) is 0 Å². The zero-order chi connectivity index (χ0) is 13.2. The maximum atomic E-state index is 4.42. The fourth-order valence-corrected chi connectivity index (χ4v) is 2.24. The second-order valence-electron chi connectivity index (χ2n) is 4.92. The van der Waals surface area contributed by atoms with E-state index in [0.29, 0.717) is 23.9 Å². The summed E-state index contributed by atoms with van der Waals surface area (Å²) in [5.41, 5.74) is 0. The van der Waals surface area contributed by atoms with Gasteiger partial charge >= 0.3 is 0 Å². The van der Waals surface area contributed by atoms with Crippen LogP contribution in [0, 0.1) is 5.92 Å². The number of anilines is 2. The van der Waals surface area contributed by atoms with Crippen LogP contribution in [0.25, 0.3) is 5.95 Å². The highest BCUT2D eigenvalue weighted by atomic mass is 15.3. The summed E-state index contributed by atoms with van der Waals surface area (Å²) in [6, 6.07) is 0.470. The molecule has 7 nitrogen and oxygen atoms in total. The van der Waals surface area contributed by atoms with Crippen molar-refractivity contribution in [3.05, 3.63) is 18.7 Å². The molecule has 2 aromatic heterocycles. The van der Waals surface area contributed by atoms with E-state index in [2.05, 4.69) is 37.5 Å². The summed E-state index contributed by atoms with van der Waals surface area (Å²) < 4.78 is 1.76. The van der Waals surface area contributed by atoms with Crippen molar-refractivity contribution in [2.24, 2.45) is 5.92 Å². The minimum Gasteiger partial charge on any atom is -0.357 e. The second-order valence-corrected chi connectivity index (χ2v) is 4.92. The Labute approximate surface area is 111 Å². The van der Waals surface area contributed by atoms with Gasteiger partial charge in [0.1, 0.15) is 6.33 Å². The first-order valence-electron chi connectivity index (χ1n) is 6.43. The largest absolute Gasteiger partial charge is 0.357 e. The summed E-state index contributed by atoms with van der Waals surface area (Å²) in [5.74, 6) is 2.51. The van der Waals surface area contributed by atoms with Gasteiger partial charge in [-0.05, 0) is 18.8 Å². The zero-order valence-electron chi connectivity index (χ0n) is 11.0. The Kier molecular flexibility index (Phi) is 3.02. The van der Waals surface area contributed by atoms with Crippen molar-refractivity contribution in [1.29, 1.82) is 0 Å². The molecular formula is C12H17N7. The molecule has 1 fully saturated rings. The Hall–Kier alpha value is -2.18. The summed E-state index contributed by atoms with van der Waals surface area (Å²) in [6.07, 6.45) is 7.51. The van der Waals surface area contributed by atoms with E-state index >= 15 is 0 Å². The molecular weight excluding hydrogens is 242 g/mol. The molecule has 0 atom stereocenters. The van der Waals surface area contributed by atoms with Crippen LogP contribution < -0.4 is 10.6 Å². The minimum atomic E-state index is 0.470. The van der Waals surface area contributed by atoms with E-state index in [0.717, 1.165) is 5.92 Å². The highest BCUT2D eigenvalue weighted by Gasteiger charge is 2.26. The molecule has 7 heteroatoms. The van der Waals surface area contributed by atoms with Gasteiger partial charge in [0.2, 0.25) is 17.8 Å². The molecule has 3 rings (SSSR count). The van der Waals surface area contributed by atoms with E-state index in [4.69, 9.17) is 0 Å². The zero-order valence-corrected chi connectivity index (χ0v) is 11.0. The van der Waals surface area contributed by atoms with Gasteiger partial charge in [-0.15, -0.1) is 0 Å². The lowest BCUT2D eigenvalue weighted by molar-refractivity contribution is 0.308. The Bertz CT molecular complexity index is 545. The molecule has 0 unspecified atom stereocenters. The highest BCUT2D eigenvalue weighted by Crippen LogP contribution is 2.28. The van der Waals surface area contributed by atoms with Gasteiger partial charge in [0.15, 0.2) is 0 Å². The predicted octanol–water partition coefficient (Wildman–Crippen LogP) is 1.31. The lowest BCUT2D eigenvalue weighted by Gasteiger charge is -2.33. The third-order valence-electron chi connectivity index (χ3n) is 3.29. The molecule has 2 heterocycles. The van der Waals surface area contributed by atoms with Crippen LogP contribution in [-0.2, 0) is 0 Å². The lowest BCUT2D eigenvalue weighted by Crippen LogP contribution is -2.34. The fourth-order valence-electron chi connectivity index (χ4n) is 2.24. The van der Waals surface area contributed by atoms with Crippen molar-refractivity contribution in [3.8, 4) is 5.95 Å². The van der Waals surface area contributed by atoms with Crippen LogP contribution in [0.1, 0.15) is 19.8 Å². The number of nitrogens with one attached hydrogen (secondary N) is 2. The summed E-state index contributed by atoms with van der Waals surface area (Å²) >= 11 is 0. The molecule has 0 aromatic carbocycles. The Morgan fingerprint density at radius 3 is 2.63 bits per heavy atom. The smallest absolute Gasteiger partial charge is 0.241 e. The number of nitrogens with zero attached hydrogens (tertiary/aromatic N) is 5. The molecule has 1 aliphatic carbocycles. The Morgan fingerprint density at radius 2 is 2.00 bits per heavy atom. The number of hydrogen-bond acceptors (Lipinski definition) is 6. The number of hydrogen-bond donors (Lipinski definition) is 2. The highest BCUT2D eigenvalue weighted by molar-refractivity contribution is 5.38. The molecule has 2 N–H and O–H groups in total. The Morgan fingerprint density at radius 1 is 1.21 bits per heavy atom. The van der Waals surface area contributed by atoms with Crippen LogP contribution in [0.2, 0.25) is 0 Å². The van der Waals surface area contributed by atoms with Crippen LogP contribution in [-0.4, -0.2) is 37.6 Å². The molecule has 100 valence electrons.